The number of aromatic amines is 1. The second kappa shape index (κ2) is 11.1. The monoisotopic (exact) mass is 498 g/mol. The van der Waals surface area contributed by atoms with Crippen molar-refractivity contribution in [2.45, 2.75) is 12.5 Å². The predicted molar refractivity (Wildman–Crippen MR) is 135 cm³/mol. The molecule has 1 saturated heterocycles. The second-order valence-electron chi connectivity index (χ2n) is 7.77. The molecule has 3 amide bonds. The van der Waals surface area contributed by atoms with E-state index in [1.54, 1.807) is 7.11 Å². The number of nitrogens with one attached hydrogen (secondary N) is 3. The first-order valence-corrected chi connectivity index (χ1v) is 12.1. The Labute approximate surface area is 206 Å². The smallest absolute Gasteiger partial charge is 0.321 e. The molecule has 1 aromatic heterocycles. The number of aromatic nitrogens is 2. The molecule has 3 aromatic rings. The summed E-state index contributed by atoms with van der Waals surface area (Å²) in [5.41, 5.74) is 2.06. The van der Waals surface area contributed by atoms with E-state index in [4.69, 9.17) is 17.0 Å². The quantitative estimate of drug-likeness (QED) is 0.432. The summed E-state index contributed by atoms with van der Waals surface area (Å²) in [6.07, 6.45) is 0.391. The number of anilines is 2. The van der Waals surface area contributed by atoms with Crippen molar-refractivity contribution in [2.24, 2.45) is 0 Å². The van der Waals surface area contributed by atoms with Crippen molar-refractivity contribution in [2.75, 3.05) is 43.5 Å². The number of ether oxygens (including phenoxy) is 1. The highest BCUT2D eigenvalue weighted by atomic mass is 32.1. The highest BCUT2D eigenvalue weighted by molar-refractivity contribution is 7.73. The molecule has 0 spiro atoms. The van der Waals surface area contributed by atoms with Gasteiger partial charge in [-0.1, -0.05) is 41.7 Å². The minimum absolute atomic E-state index is 0.108. The minimum Gasteiger partial charge on any atom is -0.497 e. The molecule has 34 heavy (non-hydrogen) atoms. The van der Waals surface area contributed by atoms with Crippen LogP contribution in [0.3, 0.4) is 0 Å². The fraction of sp³-hybridized carbons (Fsp3) is 0.304. The molecule has 1 aliphatic heterocycles. The van der Waals surface area contributed by atoms with Crippen LogP contribution in [0, 0.1) is 3.95 Å². The van der Waals surface area contributed by atoms with E-state index in [-0.39, 0.29) is 5.91 Å². The van der Waals surface area contributed by atoms with Crippen LogP contribution < -0.4 is 20.3 Å². The summed E-state index contributed by atoms with van der Waals surface area (Å²) < 4.78 is 5.69. The van der Waals surface area contributed by atoms with Gasteiger partial charge >= 0.3 is 6.03 Å². The third-order valence-electron chi connectivity index (χ3n) is 5.57. The van der Waals surface area contributed by atoms with Gasteiger partial charge < -0.3 is 19.9 Å². The number of hydrogen-bond donors (Lipinski definition) is 3. The van der Waals surface area contributed by atoms with E-state index in [2.05, 4.69) is 25.7 Å². The first-order chi connectivity index (χ1) is 16.5. The van der Waals surface area contributed by atoms with Crippen molar-refractivity contribution in [3.05, 3.63) is 64.1 Å². The fourth-order valence-corrected chi connectivity index (χ4v) is 4.61. The van der Waals surface area contributed by atoms with Gasteiger partial charge in [0.15, 0.2) is 3.95 Å². The molecule has 2 heterocycles. The molecule has 3 N–H and O–H groups in total. The number of urea groups is 1. The Morgan fingerprint density at radius 3 is 2.44 bits per heavy atom. The van der Waals surface area contributed by atoms with Gasteiger partial charge in [0, 0.05) is 38.3 Å². The van der Waals surface area contributed by atoms with E-state index >= 15 is 0 Å². The summed E-state index contributed by atoms with van der Waals surface area (Å²) in [6.45, 7) is 2.55. The van der Waals surface area contributed by atoms with Gasteiger partial charge in [0.2, 0.25) is 11.0 Å². The summed E-state index contributed by atoms with van der Waals surface area (Å²) >= 11 is 6.15. The van der Waals surface area contributed by atoms with Crippen LogP contribution in [-0.2, 0) is 11.2 Å². The Hall–Kier alpha value is -3.44. The number of rotatable bonds is 7. The number of carbonyl (C=O) groups excluding carboxylic acids is 2. The number of amides is 3. The Morgan fingerprint density at radius 1 is 1.12 bits per heavy atom. The van der Waals surface area contributed by atoms with Crippen molar-refractivity contribution in [1.82, 2.24) is 20.4 Å². The van der Waals surface area contributed by atoms with Gasteiger partial charge in [-0.25, -0.2) is 4.79 Å². The summed E-state index contributed by atoms with van der Waals surface area (Å²) in [7, 11) is 1.64. The molecule has 0 unspecified atom stereocenters. The number of benzene rings is 2. The molecule has 9 nitrogen and oxygen atoms in total. The zero-order chi connectivity index (χ0) is 23.9. The van der Waals surface area contributed by atoms with E-state index < -0.39 is 12.1 Å². The van der Waals surface area contributed by atoms with Crippen LogP contribution in [0.25, 0.3) is 0 Å². The molecule has 0 aliphatic carbocycles. The van der Waals surface area contributed by atoms with Gasteiger partial charge in [0.1, 0.15) is 11.8 Å². The van der Waals surface area contributed by atoms with E-state index in [9.17, 15) is 9.59 Å². The van der Waals surface area contributed by atoms with Crippen molar-refractivity contribution >= 4 is 46.3 Å². The van der Waals surface area contributed by atoms with Crippen LogP contribution in [-0.4, -0.2) is 66.4 Å². The molecule has 1 fully saturated rings. The molecule has 0 bridgehead atoms. The van der Waals surface area contributed by atoms with Crippen LogP contribution in [0.2, 0.25) is 0 Å². The van der Waals surface area contributed by atoms with Gasteiger partial charge in [-0.05, 0) is 42.0 Å². The average molecular weight is 499 g/mol. The van der Waals surface area contributed by atoms with Gasteiger partial charge in [0.25, 0.3) is 0 Å². The maximum Gasteiger partial charge on any atom is 0.321 e. The zero-order valence-electron chi connectivity index (χ0n) is 18.7. The zero-order valence-corrected chi connectivity index (χ0v) is 20.3. The van der Waals surface area contributed by atoms with Crippen LogP contribution in [0.1, 0.15) is 5.56 Å². The Kier molecular flexibility index (Phi) is 7.76. The maximum atomic E-state index is 13.4. The molecule has 11 heteroatoms. The average Bonchev–Trinajstić information content (AvgIpc) is 3.28. The number of hydrogen-bond acceptors (Lipinski definition) is 7. The van der Waals surface area contributed by atoms with E-state index in [0.29, 0.717) is 41.7 Å². The Balaban J connectivity index is 1.41. The highest BCUT2D eigenvalue weighted by Crippen LogP contribution is 2.21. The number of nitrogens with zero attached hydrogens (tertiary/aromatic N) is 3. The fourth-order valence-electron chi connectivity index (χ4n) is 3.82. The summed E-state index contributed by atoms with van der Waals surface area (Å²) in [5, 5.41) is 12.4. The third-order valence-corrected chi connectivity index (χ3v) is 6.58. The lowest BCUT2D eigenvalue weighted by Crippen LogP contribution is -2.56. The first kappa shape index (κ1) is 23.7. The summed E-state index contributed by atoms with van der Waals surface area (Å²) in [6, 6.07) is 16.3. The van der Waals surface area contributed by atoms with Crippen molar-refractivity contribution in [3.8, 4) is 5.75 Å². The molecule has 1 atom stereocenters. The lowest BCUT2D eigenvalue weighted by molar-refractivity contribution is -0.133. The lowest BCUT2D eigenvalue weighted by atomic mass is 10.0. The Bertz CT molecular complexity index is 1160. The highest BCUT2D eigenvalue weighted by Gasteiger charge is 2.29. The van der Waals surface area contributed by atoms with E-state index in [1.807, 2.05) is 59.5 Å². The molecule has 1 aliphatic rings. The lowest BCUT2D eigenvalue weighted by Gasteiger charge is -2.37. The van der Waals surface area contributed by atoms with Crippen molar-refractivity contribution in [1.29, 1.82) is 0 Å². The van der Waals surface area contributed by atoms with Crippen LogP contribution in [0.15, 0.2) is 54.6 Å². The molecular formula is C23H26N6O3S2. The number of methoxy groups -OCH3 is 1. The minimum atomic E-state index is -0.707. The van der Waals surface area contributed by atoms with Crippen LogP contribution in [0.5, 0.6) is 5.75 Å². The van der Waals surface area contributed by atoms with E-state index in [1.165, 1.54) is 0 Å². The van der Waals surface area contributed by atoms with Gasteiger partial charge in [-0.15, -0.1) is 5.10 Å². The molecular weight excluding hydrogens is 472 g/mol. The second-order valence-corrected chi connectivity index (χ2v) is 9.44. The SMILES string of the molecule is COc1ccc(N2CCN(C(=O)[C@H](Cc3ccccc3)NC(=O)Nc3n[nH]c(=S)s3)CC2)cc1. The normalized spacial score (nSPS) is 14.4. The third kappa shape index (κ3) is 6.12. The molecule has 0 radical (unpaired) electrons. The van der Waals surface area contributed by atoms with Crippen LogP contribution >= 0.6 is 23.6 Å². The Morgan fingerprint density at radius 2 is 1.82 bits per heavy atom. The topological polar surface area (TPSA) is 103 Å². The van der Waals surface area contributed by atoms with E-state index in [0.717, 1.165) is 28.3 Å². The number of carbonyl (C=O) groups is 2. The molecule has 4 rings (SSSR count). The maximum absolute atomic E-state index is 13.4. The largest absolute Gasteiger partial charge is 0.497 e. The van der Waals surface area contributed by atoms with Gasteiger partial charge in [-0.2, -0.15) is 0 Å². The van der Waals surface area contributed by atoms with Gasteiger partial charge in [-0.3, -0.25) is 15.2 Å². The summed E-state index contributed by atoms with van der Waals surface area (Å²) in [4.78, 5) is 30.1. The standard InChI is InChI=1S/C23H26N6O3S2/c1-32-18-9-7-17(8-10-18)28-11-13-29(14-12-28)20(30)19(15-16-5-3-2-4-6-16)24-21(31)25-22-26-27-23(33)34-22/h2-10,19H,11-15H2,1H3,(H,27,33)(H2,24,25,26,31)/t19-/m0/s1. The van der Waals surface area contributed by atoms with Crippen molar-refractivity contribution < 1.29 is 14.3 Å². The summed E-state index contributed by atoms with van der Waals surface area (Å²) in [5.74, 6) is 0.702. The van der Waals surface area contributed by atoms with Crippen molar-refractivity contribution in [3.63, 3.8) is 0 Å². The number of piperazine rings is 1. The number of H-pyrrole nitrogens is 1. The van der Waals surface area contributed by atoms with Crippen LogP contribution in [0.4, 0.5) is 15.6 Å². The molecule has 2 aromatic carbocycles. The van der Waals surface area contributed by atoms with Gasteiger partial charge in [0.05, 0.1) is 7.11 Å². The molecule has 0 saturated carbocycles. The first-order valence-electron chi connectivity index (χ1n) is 10.9. The predicted octanol–water partition coefficient (Wildman–Crippen LogP) is 3.29. The molecule has 178 valence electrons.